The molecule has 0 aliphatic carbocycles. The van der Waals surface area contributed by atoms with Crippen molar-refractivity contribution in [3.63, 3.8) is 0 Å². The molecule has 0 radical (unpaired) electrons. The molecule has 5 heteroatoms. The van der Waals surface area contributed by atoms with Crippen LogP contribution in [-0.4, -0.2) is 17.9 Å². The highest BCUT2D eigenvalue weighted by molar-refractivity contribution is 9.10. The number of carbonyl (C=O) groups is 1. The van der Waals surface area contributed by atoms with Gasteiger partial charge in [-0.2, -0.15) is 0 Å². The zero-order valence-corrected chi connectivity index (χ0v) is 13.0. The summed E-state index contributed by atoms with van der Waals surface area (Å²) < 4.78 is 0.971. The Labute approximate surface area is 126 Å². The van der Waals surface area contributed by atoms with E-state index in [2.05, 4.69) is 20.9 Å². The lowest BCUT2D eigenvalue weighted by Gasteiger charge is -2.17. The second-order valence-corrected chi connectivity index (χ2v) is 5.57. The van der Waals surface area contributed by atoms with Crippen molar-refractivity contribution in [3.05, 3.63) is 52.1 Å². The zero-order chi connectivity index (χ0) is 14.7. The number of nitrogens with zero attached hydrogens (tertiary/aromatic N) is 2. The van der Waals surface area contributed by atoms with Gasteiger partial charge < -0.3 is 5.73 Å². The molecule has 1 heterocycles. The van der Waals surface area contributed by atoms with E-state index >= 15 is 0 Å². The minimum absolute atomic E-state index is 0.0107. The molecule has 104 valence electrons. The van der Waals surface area contributed by atoms with E-state index < -0.39 is 0 Å². The first-order chi connectivity index (χ1) is 9.47. The molecular formula is C15H16BrN3O. The Hall–Kier alpha value is -1.88. The van der Waals surface area contributed by atoms with Gasteiger partial charge in [0.2, 0.25) is 5.91 Å². The predicted molar refractivity (Wildman–Crippen MR) is 84.6 cm³/mol. The molecule has 0 atom stereocenters. The minimum Gasteiger partial charge on any atom is -0.397 e. The second-order valence-electron chi connectivity index (χ2n) is 4.65. The molecule has 1 amide bonds. The molecule has 2 N–H and O–H groups in total. The number of carbonyl (C=O) groups excluding carboxylic acids is 1. The minimum atomic E-state index is -0.0107. The summed E-state index contributed by atoms with van der Waals surface area (Å²) in [6, 6.07) is 9.40. The van der Waals surface area contributed by atoms with Crippen LogP contribution in [-0.2, 0) is 11.2 Å². The van der Waals surface area contributed by atoms with Crippen molar-refractivity contribution >= 4 is 33.3 Å². The maximum absolute atomic E-state index is 12.3. The van der Waals surface area contributed by atoms with Crippen LogP contribution in [0.3, 0.4) is 0 Å². The average Bonchev–Trinajstić information content (AvgIpc) is 2.43. The average molecular weight is 334 g/mol. The molecule has 0 saturated carbocycles. The van der Waals surface area contributed by atoms with Crippen LogP contribution in [0, 0.1) is 6.92 Å². The van der Waals surface area contributed by atoms with Crippen LogP contribution in [0.4, 0.5) is 11.5 Å². The van der Waals surface area contributed by atoms with E-state index in [9.17, 15) is 4.79 Å². The van der Waals surface area contributed by atoms with Crippen LogP contribution < -0.4 is 10.6 Å². The van der Waals surface area contributed by atoms with Crippen molar-refractivity contribution in [2.24, 2.45) is 0 Å². The van der Waals surface area contributed by atoms with Gasteiger partial charge in [-0.05, 0) is 42.3 Å². The Morgan fingerprint density at radius 3 is 2.75 bits per heavy atom. The van der Waals surface area contributed by atoms with Gasteiger partial charge in [-0.15, -0.1) is 0 Å². The van der Waals surface area contributed by atoms with Crippen molar-refractivity contribution < 1.29 is 4.79 Å². The maximum atomic E-state index is 12.3. The third-order valence-electron chi connectivity index (χ3n) is 3.14. The van der Waals surface area contributed by atoms with Crippen molar-refractivity contribution in [2.75, 3.05) is 17.7 Å². The van der Waals surface area contributed by atoms with Crippen LogP contribution >= 0.6 is 15.9 Å². The van der Waals surface area contributed by atoms with Gasteiger partial charge in [0.05, 0.1) is 18.3 Å². The van der Waals surface area contributed by atoms with E-state index in [0.717, 1.165) is 15.6 Å². The van der Waals surface area contributed by atoms with Crippen LogP contribution in [0.5, 0.6) is 0 Å². The molecule has 4 nitrogen and oxygen atoms in total. The first-order valence-corrected chi connectivity index (χ1v) is 7.00. The van der Waals surface area contributed by atoms with Gasteiger partial charge in [0.25, 0.3) is 0 Å². The summed E-state index contributed by atoms with van der Waals surface area (Å²) in [6.45, 7) is 2.00. The van der Waals surface area contributed by atoms with Crippen LogP contribution in [0.2, 0.25) is 0 Å². The number of pyridine rings is 1. The van der Waals surface area contributed by atoms with Crippen LogP contribution in [0.15, 0.2) is 41.0 Å². The van der Waals surface area contributed by atoms with E-state index in [1.807, 2.05) is 25.1 Å². The van der Waals surface area contributed by atoms with E-state index in [1.54, 1.807) is 30.3 Å². The largest absolute Gasteiger partial charge is 0.397 e. The van der Waals surface area contributed by atoms with Gasteiger partial charge in [0.1, 0.15) is 5.82 Å². The van der Waals surface area contributed by atoms with Crippen molar-refractivity contribution in [3.8, 4) is 0 Å². The first kappa shape index (κ1) is 14.5. The van der Waals surface area contributed by atoms with Gasteiger partial charge in [0, 0.05) is 11.5 Å². The quantitative estimate of drug-likeness (QED) is 0.939. The molecule has 20 heavy (non-hydrogen) atoms. The predicted octanol–water partition coefficient (Wildman–Crippen LogP) is 2.94. The van der Waals surface area contributed by atoms with Gasteiger partial charge in [0.15, 0.2) is 0 Å². The number of aromatic nitrogens is 1. The van der Waals surface area contributed by atoms with E-state index in [4.69, 9.17) is 5.73 Å². The lowest BCUT2D eigenvalue weighted by Crippen LogP contribution is -2.28. The topological polar surface area (TPSA) is 59.2 Å². The fourth-order valence-electron chi connectivity index (χ4n) is 1.84. The standard InChI is InChI=1S/C15H16BrN3O/c1-10-3-4-12(16)7-11(10)8-15(20)19(2)14-6-5-13(17)9-18-14/h3-7,9H,8,17H2,1-2H3. The van der Waals surface area contributed by atoms with Crippen molar-refractivity contribution in [1.82, 2.24) is 4.98 Å². The number of aryl methyl sites for hydroxylation is 1. The number of anilines is 2. The summed E-state index contributed by atoms with van der Waals surface area (Å²) in [5, 5.41) is 0. The molecular weight excluding hydrogens is 318 g/mol. The smallest absolute Gasteiger partial charge is 0.232 e. The molecule has 1 aromatic carbocycles. The molecule has 0 spiro atoms. The maximum Gasteiger partial charge on any atom is 0.232 e. The summed E-state index contributed by atoms with van der Waals surface area (Å²) in [5.41, 5.74) is 8.28. The number of nitrogen functional groups attached to an aromatic ring is 1. The van der Waals surface area contributed by atoms with E-state index in [1.165, 1.54) is 0 Å². The van der Waals surface area contributed by atoms with Crippen molar-refractivity contribution in [1.29, 1.82) is 0 Å². The summed E-state index contributed by atoms with van der Waals surface area (Å²) >= 11 is 3.43. The summed E-state index contributed by atoms with van der Waals surface area (Å²) in [4.78, 5) is 18.0. The summed E-state index contributed by atoms with van der Waals surface area (Å²) in [7, 11) is 1.72. The third-order valence-corrected chi connectivity index (χ3v) is 3.63. The first-order valence-electron chi connectivity index (χ1n) is 6.20. The van der Waals surface area contributed by atoms with E-state index in [0.29, 0.717) is 17.9 Å². The van der Waals surface area contributed by atoms with Gasteiger partial charge in [-0.1, -0.05) is 22.0 Å². The molecule has 0 fully saturated rings. The highest BCUT2D eigenvalue weighted by Gasteiger charge is 2.14. The number of benzene rings is 1. The number of amides is 1. The molecule has 0 aliphatic rings. The number of nitrogens with two attached hydrogens (primary N) is 1. The van der Waals surface area contributed by atoms with Gasteiger partial charge in [-0.25, -0.2) is 4.98 Å². The van der Waals surface area contributed by atoms with Crippen molar-refractivity contribution in [2.45, 2.75) is 13.3 Å². The Bertz CT molecular complexity index is 626. The third kappa shape index (κ3) is 3.36. The highest BCUT2D eigenvalue weighted by Crippen LogP contribution is 2.18. The zero-order valence-electron chi connectivity index (χ0n) is 11.4. The number of hydrogen-bond acceptors (Lipinski definition) is 3. The molecule has 0 saturated heterocycles. The molecule has 1 aromatic heterocycles. The molecule has 0 bridgehead atoms. The SMILES string of the molecule is Cc1ccc(Br)cc1CC(=O)N(C)c1ccc(N)cn1. The number of likely N-dealkylation sites (N-methyl/N-ethyl adjacent to an activating group) is 1. The summed E-state index contributed by atoms with van der Waals surface area (Å²) in [6.07, 6.45) is 1.89. The second kappa shape index (κ2) is 6.05. The number of hydrogen-bond donors (Lipinski definition) is 1. The van der Waals surface area contributed by atoms with Crippen LogP contribution in [0.1, 0.15) is 11.1 Å². The van der Waals surface area contributed by atoms with Gasteiger partial charge >= 0.3 is 0 Å². The normalized spacial score (nSPS) is 10.3. The fraction of sp³-hybridized carbons (Fsp3) is 0.200. The fourth-order valence-corrected chi connectivity index (χ4v) is 2.24. The Morgan fingerprint density at radius 2 is 2.10 bits per heavy atom. The van der Waals surface area contributed by atoms with Gasteiger partial charge in [-0.3, -0.25) is 9.69 Å². The van der Waals surface area contributed by atoms with Crippen LogP contribution in [0.25, 0.3) is 0 Å². The highest BCUT2D eigenvalue weighted by atomic mass is 79.9. The molecule has 0 unspecified atom stereocenters. The molecule has 2 aromatic rings. The lowest BCUT2D eigenvalue weighted by atomic mass is 10.1. The Morgan fingerprint density at radius 1 is 1.35 bits per heavy atom. The summed E-state index contributed by atoms with van der Waals surface area (Å²) in [5.74, 6) is 0.584. The van der Waals surface area contributed by atoms with E-state index in [-0.39, 0.29) is 5.91 Å². The number of rotatable bonds is 3. The lowest BCUT2D eigenvalue weighted by molar-refractivity contribution is -0.117. The Balaban J connectivity index is 2.15. The monoisotopic (exact) mass is 333 g/mol. The number of halogens is 1. The Kier molecular flexibility index (Phi) is 4.39. The molecule has 0 aliphatic heterocycles. The molecule has 2 rings (SSSR count).